The fourth-order valence-corrected chi connectivity index (χ4v) is 6.19. The highest BCUT2D eigenvalue weighted by Crippen LogP contribution is 2.44. The summed E-state index contributed by atoms with van der Waals surface area (Å²) in [7, 11) is -1.78. The molecule has 2 amide bonds. The monoisotopic (exact) mass is 529 g/mol. The Labute approximate surface area is 220 Å². The van der Waals surface area contributed by atoms with Gasteiger partial charge < -0.3 is 19.7 Å². The third-order valence-electron chi connectivity index (χ3n) is 7.45. The Morgan fingerprint density at radius 3 is 2.50 bits per heavy atom. The van der Waals surface area contributed by atoms with E-state index in [9.17, 15) is 18.0 Å². The van der Waals surface area contributed by atoms with E-state index in [1.54, 1.807) is 12.1 Å². The zero-order valence-corrected chi connectivity index (χ0v) is 21.6. The van der Waals surface area contributed by atoms with Gasteiger partial charge in [0.05, 0.1) is 21.8 Å². The summed E-state index contributed by atoms with van der Waals surface area (Å²) >= 11 is 0. The fraction of sp³-hybridized carbons (Fsp3) is 0.214. The molecule has 3 aromatic carbocycles. The summed E-state index contributed by atoms with van der Waals surface area (Å²) in [6.45, 7) is 0.926. The maximum atomic E-state index is 13.5. The van der Waals surface area contributed by atoms with Crippen LogP contribution in [0, 0.1) is 0 Å². The summed E-state index contributed by atoms with van der Waals surface area (Å²) in [5.74, 6) is -0.190. The number of primary sulfonamides is 1. The number of rotatable bonds is 5. The molecule has 4 aromatic rings. The fourth-order valence-electron chi connectivity index (χ4n) is 5.68. The maximum absolute atomic E-state index is 13.5. The molecule has 38 heavy (non-hydrogen) atoms. The summed E-state index contributed by atoms with van der Waals surface area (Å²) in [6.07, 6.45) is 0.381. The second kappa shape index (κ2) is 9.00. The molecule has 0 aliphatic carbocycles. The normalized spacial score (nSPS) is 16.7. The number of anilines is 1. The van der Waals surface area contributed by atoms with Crippen molar-refractivity contribution in [2.75, 3.05) is 18.5 Å². The molecule has 1 atom stereocenters. The summed E-state index contributed by atoms with van der Waals surface area (Å²) in [5.41, 5.74) is 5.37. The van der Waals surface area contributed by atoms with E-state index in [1.165, 1.54) is 12.1 Å². The number of amides is 2. The van der Waals surface area contributed by atoms with Crippen LogP contribution in [0.5, 0.6) is 0 Å². The van der Waals surface area contributed by atoms with E-state index in [4.69, 9.17) is 5.14 Å². The Morgan fingerprint density at radius 1 is 1.03 bits per heavy atom. The SMILES string of the molecule is CN1c2ccccc2C(=O)N2CCc3c(n(CC(=O)NCc4ccc(S(N)(=O)=O)cc4)c4ccccc34)[C@@H]21. The lowest BCUT2D eigenvalue weighted by atomic mass is 9.96. The van der Waals surface area contributed by atoms with Crippen LogP contribution >= 0.6 is 0 Å². The number of para-hydroxylation sites is 2. The van der Waals surface area contributed by atoms with E-state index < -0.39 is 10.0 Å². The molecule has 1 aromatic heterocycles. The van der Waals surface area contributed by atoms with Crippen LogP contribution < -0.4 is 15.4 Å². The van der Waals surface area contributed by atoms with E-state index >= 15 is 0 Å². The topological polar surface area (TPSA) is 118 Å². The maximum Gasteiger partial charge on any atom is 0.257 e. The van der Waals surface area contributed by atoms with Crippen molar-refractivity contribution in [2.45, 2.75) is 30.6 Å². The predicted molar refractivity (Wildman–Crippen MR) is 144 cm³/mol. The lowest BCUT2D eigenvalue weighted by Gasteiger charge is -2.46. The summed E-state index contributed by atoms with van der Waals surface area (Å²) in [5, 5.41) is 9.20. The van der Waals surface area contributed by atoms with Crippen LogP contribution in [0.15, 0.2) is 77.7 Å². The van der Waals surface area contributed by atoms with Gasteiger partial charge in [0.25, 0.3) is 5.91 Å². The number of nitrogens with two attached hydrogens (primary N) is 1. The van der Waals surface area contributed by atoms with Gasteiger partial charge in [-0.3, -0.25) is 9.59 Å². The summed E-state index contributed by atoms with van der Waals surface area (Å²) in [6, 6.07) is 21.8. The van der Waals surface area contributed by atoms with Crippen molar-refractivity contribution in [3.05, 3.63) is 95.2 Å². The van der Waals surface area contributed by atoms with Crippen LogP contribution in [0.2, 0.25) is 0 Å². The average molecular weight is 530 g/mol. The first kappa shape index (κ1) is 24.2. The Bertz CT molecular complexity index is 1690. The predicted octanol–water partition coefficient (Wildman–Crippen LogP) is 2.75. The Kier molecular flexibility index (Phi) is 5.73. The standard InChI is InChI=1S/C28H27N5O4S/c1-31-23-8-4-3-7-22(23)28(35)32-15-14-21-20-6-2-5-9-24(20)33(26(21)27(31)32)17-25(34)30-16-18-10-12-19(13-11-18)38(29,36)37/h2-13,27H,14-17H2,1H3,(H,30,34)(H2,29,36,37)/t27-/m1/s1. The molecule has 10 heteroatoms. The third kappa shape index (κ3) is 3.93. The van der Waals surface area contributed by atoms with Crippen molar-refractivity contribution in [3.8, 4) is 0 Å². The largest absolute Gasteiger partial charge is 0.350 e. The van der Waals surface area contributed by atoms with Crippen LogP contribution in [-0.4, -0.2) is 43.3 Å². The van der Waals surface area contributed by atoms with Gasteiger partial charge in [-0.05, 0) is 47.9 Å². The number of hydrogen-bond acceptors (Lipinski definition) is 5. The van der Waals surface area contributed by atoms with E-state index in [0.717, 1.165) is 33.4 Å². The van der Waals surface area contributed by atoms with Crippen LogP contribution in [-0.2, 0) is 34.3 Å². The number of aromatic nitrogens is 1. The van der Waals surface area contributed by atoms with Crippen molar-refractivity contribution < 1.29 is 18.0 Å². The number of carbonyl (C=O) groups is 2. The second-order valence-corrected chi connectivity index (χ2v) is 11.2. The highest BCUT2D eigenvalue weighted by Gasteiger charge is 2.42. The van der Waals surface area contributed by atoms with Crippen LogP contribution in [0.4, 0.5) is 5.69 Å². The molecule has 0 bridgehead atoms. The Balaban J connectivity index is 1.33. The van der Waals surface area contributed by atoms with Gasteiger partial charge in [-0.1, -0.05) is 42.5 Å². The molecule has 2 aliphatic rings. The number of fused-ring (bicyclic) bond motifs is 6. The minimum atomic E-state index is -3.77. The minimum absolute atomic E-state index is 0.00134. The lowest BCUT2D eigenvalue weighted by molar-refractivity contribution is -0.121. The molecule has 0 unspecified atom stereocenters. The first-order valence-corrected chi connectivity index (χ1v) is 13.9. The molecule has 0 spiro atoms. The van der Waals surface area contributed by atoms with Crippen molar-refractivity contribution >= 4 is 38.4 Å². The first-order chi connectivity index (χ1) is 18.2. The molecule has 0 radical (unpaired) electrons. The zero-order valence-electron chi connectivity index (χ0n) is 20.8. The Hall–Kier alpha value is -4.15. The van der Waals surface area contributed by atoms with Crippen LogP contribution in [0.1, 0.15) is 33.3 Å². The molecule has 194 valence electrons. The molecule has 3 heterocycles. The van der Waals surface area contributed by atoms with E-state index in [-0.39, 0.29) is 36.0 Å². The molecule has 9 nitrogen and oxygen atoms in total. The summed E-state index contributed by atoms with van der Waals surface area (Å²) in [4.78, 5) is 30.7. The van der Waals surface area contributed by atoms with Crippen LogP contribution in [0.25, 0.3) is 10.9 Å². The van der Waals surface area contributed by atoms with Crippen molar-refractivity contribution in [1.82, 2.24) is 14.8 Å². The van der Waals surface area contributed by atoms with Crippen molar-refractivity contribution in [3.63, 3.8) is 0 Å². The van der Waals surface area contributed by atoms with E-state index in [0.29, 0.717) is 18.5 Å². The van der Waals surface area contributed by atoms with Gasteiger partial charge in [0.2, 0.25) is 15.9 Å². The number of hydrogen-bond donors (Lipinski definition) is 2. The van der Waals surface area contributed by atoms with E-state index in [2.05, 4.69) is 16.3 Å². The Morgan fingerprint density at radius 2 is 1.74 bits per heavy atom. The average Bonchev–Trinajstić information content (AvgIpc) is 3.23. The number of nitrogens with zero attached hydrogens (tertiary/aromatic N) is 3. The molecule has 6 rings (SSSR count). The highest BCUT2D eigenvalue weighted by atomic mass is 32.2. The molecular formula is C28H27N5O4S. The number of benzene rings is 3. The zero-order chi connectivity index (χ0) is 26.6. The second-order valence-electron chi connectivity index (χ2n) is 9.68. The molecule has 0 fully saturated rings. The molecule has 3 N–H and O–H groups in total. The number of carbonyl (C=O) groups excluding carboxylic acids is 2. The third-order valence-corrected chi connectivity index (χ3v) is 8.38. The smallest absolute Gasteiger partial charge is 0.257 e. The van der Waals surface area contributed by atoms with Crippen LogP contribution in [0.3, 0.4) is 0 Å². The van der Waals surface area contributed by atoms with Gasteiger partial charge in [-0.15, -0.1) is 0 Å². The quantitative estimate of drug-likeness (QED) is 0.412. The lowest BCUT2D eigenvalue weighted by Crippen LogP contribution is -2.51. The molecule has 0 saturated heterocycles. The number of nitrogens with one attached hydrogen (secondary N) is 1. The first-order valence-electron chi connectivity index (χ1n) is 12.4. The molecule has 0 saturated carbocycles. The van der Waals surface area contributed by atoms with Crippen molar-refractivity contribution in [2.24, 2.45) is 5.14 Å². The molecule has 2 aliphatic heterocycles. The minimum Gasteiger partial charge on any atom is -0.350 e. The van der Waals surface area contributed by atoms with Gasteiger partial charge in [0.15, 0.2) is 0 Å². The molecular weight excluding hydrogens is 502 g/mol. The van der Waals surface area contributed by atoms with Crippen molar-refractivity contribution in [1.29, 1.82) is 0 Å². The summed E-state index contributed by atoms with van der Waals surface area (Å²) < 4.78 is 25.0. The highest BCUT2D eigenvalue weighted by molar-refractivity contribution is 7.89. The number of sulfonamides is 1. The van der Waals surface area contributed by atoms with Gasteiger partial charge in [-0.2, -0.15) is 0 Å². The van der Waals surface area contributed by atoms with Gasteiger partial charge in [0, 0.05) is 31.0 Å². The van der Waals surface area contributed by atoms with Gasteiger partial charge in [0.1, 0.15) is 12.7 Å². The van der Waals surface area contributed by atoms with Gasteiger partial charge >= 0.3 is 0 Å². The van der Waals surface area contributed by atoms with Gasteiger partial charge in [-0.25, -0.2) is 13.6 Å². The van der Waals surface area contributed by atoms with E-state index in [1.807, 2.05) is 59.0 Å².